The van der Waals surface area contributed by atoms with Crippen LogP contribution in [0.4, 0.5) is 0 Å². The van der Waals surface area contributed by atoms with Crippen molar-refractivity contribution in [1.29, 1.82) is 0 Å². The summed E-state index contributed by atoms with van der Waals surface area (Å²) in [5, 5.41) is 4.00. The van der Waals surface area contributed by atoms with Crippen LogP contribution in [0, 0.1) is 0 Å². The Morgan fingerprint density at radius 3 is 2.29 bits per heavy atom. The fraction of sp³-hybridized carbons (Fsp3) is 0.786. The molecule has 2 aliphatic heterocycles. The van der Waals surface area contributed by atoms with Gasteiger partial charge in [0.25, 0.3) is 10.2 Å². The first-order valence-corrected chi connectivity index (χ1v) is 9.82. The number of nitrogens with zero attached hydrogens (tertiary/aromatic N) is 6. The third kappa shape index (κ3) is 3.93. The minimum absolute atomic E-state index is 0.0772. The van der Waals surface area contributed by atoms with Gasteiger partial charge in [0, 0.05) is 52.2 Å². The average Bonchev–Trinajstić information content (AvgIpc) is 3.29. The number of rotatable bonds is 6. The Morgan fingerprint density at radius 2 is 1.67 bits per heavy atom. The van der Waals surface area contributed by atoms with Gasteiger partial charge in [0.2, 0.25) is 5.91 Å². The van der Waals surface area contributed by atoms with Crippen LogP contribution in [-0.2, 0) is 21.5 Å². The molecule has 2 aliphatic rings. The predicted octanol–water partition coefficient (Wildman–Crippen LogP) is -0.457. The standard InChI is InChI=1S/C14H24N6O3S/c21-14(4-3-5-18-13-15-12-16-18)17-8-10-20(11-9-17)24(22,23)19-6-1-2-7-19/h12-13H,1-11H2. The Labute approximate surface area is 142 Å². The fourth-order valence-corrected chi connectivity index (χ4v) is 4.82. The first-order chi connectivity index (χ1) is 11.6. The lowest BCUT2D eigenvalue weighted by Gasteiger charge is -2.35. The molecule has 3 rings (SSSR count). The summed E-state index contributed by atoms with van der Waals surface area (Å²) in [5.41, 5.74) is 0. The van der Waals surface area contributed by atoms with Gasteiger partial charge in [-0.15, -0.1) is 0 Å². The molecule has 0 aromatic carbocycles. The molecule has 0 bridgehead atoms. The maximum atomic E-state index is 12.5. The lowest BCUT2D eigenvalue weighted by atomic mass is 10.2. The first-order valence-electron chi connectivity index (χ1n) is 8.43. The highest BCUT2D eigenvalue weighted by atomic mass is 32.2. The van der Waals surface area contributed by atoms with Crippen LogP contribution < -0.4 is 0 Å². The third-order valence-electron chi connectivity index (χ3n) is 4.55. The molecule has 0 N–H and O–H groups in total. The number of hydrogen-bond acceptors (Lipinski definition) is 5. The molecule has 0 atom stereocenters. The van der Waals surface area contributed by atoms with Gasteiger partial charge in [-0.25, -0.2) is 4.98 Å². The summed E-state index contributed by atoms with van der Waals surface area (Å²) in [6.45, 7) is 3.59. The lowest BCUT2D eigenvalue weighted by molar-refractivity contribution is -0.132. The van der Waals surface area contributed by atoms with Gasteiger partial charge < -0.3 is 4.90 Å². The fourth-order valence-electron chi connectivity index (χ4n) is 3.15. The Morgan fingerprint density at radius 1 is 1.00 bits per heavy atom. The van der Waals surface area contributed by atoms with Crippen molar-refractivity contribution < 1.29 is 13.2 Å². The van der Waals surface area contributed by atoms with Crippen LogP contribution in [0.5, 0.6) is 0 Å². The highest BCUT2D eigenvalue weighted by Gasteiger charge is 2.34. The Balaban J connectivity index is 1.43. The van der Waals surface area contributed by atoms with Crippen molar-refractivity contribution in [1.82, 2.24) is 28.3 Å². The molecule has 2 fully saturated rings. The Hall–Kier alpha value is -1.52. The van der Waals surface area contributed by atoms with Crippen LogP contribution >= 0.6 is 0 Å². The first kappa shape index (κ1) is 17.3. The Kier molecular flexibility index (Phi) is 5.47. The van der Waals surface area contributed by atoms with Crippen LogP contribution in [0.2, 0.25) is 0 Å². The molecule has 0 spiro atoms. The molecule has 3 heterocycles. The van der Waals surface area contributed by atoms with Gasteiger partial charge >= 0.3 is 0 Å². The molecule has 0 radical (unpaired) electrons. The molecular formula is C14H24N6O3S. The molecule has 24 heavy (non-hydrogen) atoms. The highest BCUT2D eigenvalue weighted by molar-refractivity contribution is 7.86. The molecule has 0 aliphatic carbocycles. The molecular weight excluding hydrogens is 332 g/mol. The molecule has 1 aromatic heterocycles. The van der Waals surface area contributed by atoms with Crippen molar-refractivity contribution in [2.75, 3.05) is 39.3 Å². The monoisotopic (exact) mass is 356 g/mol. The van der Waals surface area contributed by atoms with E-state index in [1.54, 1.807) is 20.2 Å². The van der Waals surface area contributed by atoms with Crippen molar-refractivity contribution in [3.8, 4) is 0 Å². The van der Waals surface area contributed by atoms with Crippen molar-refractivity contribution in [2.45, 2.75) is 32.2 Å². The number of carbonyl (C=O) groups excluding carboxylic acids is 1. The zero-order valence-electron chi connectivity index (χ0n) is 13.7. The van der Waals surface area contributed by atoms with E-state index in [0.29, 0.717) is 58.7 Å². The van der Waals surface area contributed by atoms with E-state index in [9.17, 15) is 13.2 Å². The van der Waals surface area contributed by atoms with Crippen LogP contribution in [-0.4, -0.2) is 81.9 Å². The number of hydrogen-bond donors (Lipinski definition) is 0. The minimum Gasteiger partial charge on any atom is -0.340 e. The van der Waals surface area contributed by atoms with Crippen molar-refractivity contribution in [3.63, 3.8) is 0 Å². The number of aromatic nitrogens is 3. The lowest BCUT2D eigenvalue weighted by Crippen LogP contribution is -2.53. The van der Waals surface area contributed by atoms with E-state index in [4.69, 9.17) is 0 Å². The van der Waals surface area contributed by atoms with E-state index >= 15 is 0 Å². The van der Waals surface area contributed by atoms with E-state index in [1.807, 2.05) is 0 Å². The number of amides is 1. The minimum atomic E-state index is -3.35. The maximum Gasteiger partial charge on any atom is 0.282 e. The molecule has 1 amide bonds. The summed E-state index contributed by atoms with van der Waals surface area (Å²) in [6.07, 6.45) is 6.12. The normalized spacial score (nSPS) is 20.6. The molecule has 10 heteroatoms. The second-order valence-electron chi connectivity index (χ2n) is 6.16. The summed E-state index contributed by atoms with van der Waals surface area (Å²) < 4.78 is 29.8. The Bertz CT molecular complexity index is 633. The van der Waals surface area contributed by atoms with E-state index in [1.165, 1.54) is 10.6 Å². The number of aryl methyl sites for hydroxylation is 1. The smallest absolute Gasteiger partial charge is 0.282 e. The molecule has 1 aromatic rings. The van der Waals surface area contributed by atoms with E-state index < -0.39 is 10.2 Å². The largest absolute Gasteiger partial charge is 0.340 e. The highest BCUT2D eigenvalue weighted by Crippen LogP contribution is 2.18. The van der Waals surface area contributed by atoms with Gasteiger partial charge in [-0.1, -0.05) is 0 Å². The molecule has 9 nitrogen and oxygen atoms in total. The van der Waals surface area contributed by atoms with Gasteiger partial charge in [-0.3, -0.25) is 9.48 Å². The molecule has 0 saturated carbocycles. The van der Waals surface area contributed by atoms with E-state index in [2.05, 4.69) is 10.1 Å². The maximum absolute atomic E-state index is 12.5. The predicted molar refractivity (Wildman–Crippen MR) is 87.1 cm³/mol. The van der Waals surface area contributed by atoms with Gasteiger partial charge in [0.1, 0.15) is 12.7 Å². The second-order valence-corrected chi connectivity index (χ2v) is 8.08. The van der Waals surface area contributed by atoms with Crippen LogP contribution in [0.25, 0.3) is 0 Å². The van der Waals surface area contributed by atoms with E-state index in [-0.39, 0.29) is 5.91 Å². The van der Waals surface area contributed by atoms with Crippen molar-refractivity contribution >= 4 is 16.1 Å². The van der Waals surface area contributed by atoms with Crippen LogP contribution in [0.15, 0.2) is 12.7 Å². The average molecular weight is 356 g/mol. The zero-order chi connectivity index (χ0) is 17.0. The molecule has 134 valence electrons. The van der Waals surface area contributed by atoms with Gasteiger partial charge in [0.05, 0.1) is 0 Å². The summed E-state index contributed by atoms with van der Waals surface area (Å²) in [5.74, 6) is 0.0772. The van der Waals surface area contributed by atoms with Gasteiger partial charge in [0.15, 0.2) is 0 Å². The van der Waals surface area contributed by atoms with Gasteiger partial charge in [-0.2, -0.15) is 22.1 Å². The summed E-state index contributed by atoms with van der Waals surface area (Å²) in [7, 11) is -3.35. The summed E-state index contributed by atoms with van der Waals surface area (Å²) >= 11 is 0. The number of piperazine rings is 1. The van der Waals surface area contributed by atoms with Gasteiger partial charge in [-0.05, 0) is 19.3 Å². The van der Waals surface area contributed by atoms with Crippen LogP contribution in [0.1, 0.15) is 25.7 Å². The molecule has 2 saturated heterocycles. The quantitative estimate of drug-likeness (QED) is 0.688. The SMILES string of the molecule is O=C(CCCn1cncn1)N1CCN(S(=O)(=O)N2CCCC2)CC1. The van der Waals surface area contributed by atoms with Crippen molar-refractivity contribution in [3.05, 3.63) is 12.7 Å². The number of carbonyl (C=O) groups is 1. The summed E-state index contributed by atoms with van der Waals surface area (Å²) in [4.78, 5) is 17.9. The van der Waals surface area contributed by atoms with Crippen molar-refractivity contribution in [2.24, 2.45) is 0 Å². The molecule has 0 unspecified atom stereocenters. The van der Waals surface area contributed by atoms with E-state index in [0.717, 1.165) is 12.8 Å². The summed E-state index contributed by atoms with van der Waals surface area (Å²) in [6, 6.07) is 0. The van der Waals surface area contributed by atoms with Crippen LogP contribution in [0.3, 0.4) is 0 Å². The third-order valence-corrected chi connectivity index (χ3v) is 6.59. The topological polar surface area (TPSA) is 91.6 Å². The zero-order valence-corrected chi connectivity index (χ0v) is 14.6. The second kappa shape index (κ2) is 7.58.